The van der Waals surface area contributed by atoms with Crippen LogP contribution in [0.4, 0.5) is 34.1 Å². The first kappa shape index (κ1) is 26.5. The zero-order valence-electron chi connectivity index (χ0n) is 24.7. The number of imidazole rings is 1. The van der Waals surface area contributed by atoms with Crippen LogP contribution in [0.3, 0.4) is 0 Å². The molecule has 0 aliphatic carbocycles. The highest BCUT2D eigenvalue weighted by Gasteiger charge is 2.19. The molecule has 8 aromatic rings. The smallest absolute Gasteiger partial charge is 0.267 e. The number of hydrogen-bond donors (Lipinski definition) is 0. The van der Waals surface area contributed by atoms with Crippen LogP contribution in [0, 0.1) is 0 Å². The number of rotatable bonds is 6. The van der Waals surface area contributed by atoms with Gasteiger partial charge in [-0.1, -0.05) is 72.8 Å². The Kier molecular flexibility index (Phi) is 6.38. The molecule has 6 heteroatoms. The lowest BCUT2D eigenvalue weighted by Gasteiger charge is -2.25. The minimum Gasteiger partial charge on any atom is -0.313 e. The van der Waals surface area contributed by atoms with Crippen LogP contribution in [0.25, 0.3) is 27.7 Å². The number of benzene rings is 6. The van der Waals surface area contributed by atoms with E-state index in [1.165, 1.54) is 0 Å². The molecule has 0 amide bonds. The number of aromatic nitrogens is 3. The third-order valence-corrected chi connectivity index (χ3v) is 8.27. The Balaban J connectivity index is 1.35. The Labute approximate surface area is 260 Å². The number of anilines is 6. The molecular formula is C39H29N5O. The summed E-state index contributed by atoms with van der Waals surface area (Å²) in [7, 11) is 1.96. The van der Waals surface area contributed by atoms with Crippen molar-refractivity contribution < 1.29 is 0 Å². The van der Waals surface area contributed by atoms with Crippen molar-refractivity contribution >= 4 is 61.8 Å². The Bertz CT molecular complexity index is 2270. The Morgan fingerprint density at radius 1 is 0.489 bits per heavy atom. The summed E-state index contributed by atoms with van der Waals surface area (Å²) < 4.78 is 3.73. The minimum atomic E-state index is -0.105. The van der Waals surface area contributed by atoms with Crippen LogP contribution < -0.4 is 15.4 Å². The van der Waals surface area contributed by atoms with E-state index in [-0.39, 0.29) is 5.56 Å². The Hall–Kier alpha value is -6.14. The molecule has 8 rings (SSSR count). The van der Waals surface area contributed by atoms with Crippen molar-refractivity contribution in [2.45, 2.75) is 0 Å². The van der Waals surface area contributed by atoms with Gasteiger partial charge in [0.05, 0.1) is 21.9 Å². The highest BCUT2D eigenvalue weighted by atomic mass is 16.1. The van der Waals surface area contributed by atoms with Crippen LogP contribution in [0.1, 0.15) is 0 Å². The first-order chi connectivity index (χ1) is 22.2. The van der Waals surface area contributed by atoms with Crippen LogP contribution >= 0.6 is 0 Å². The fourth-order valence-corrected chi connectivity index (χ4v) is 6.17. The molecule has 45 heavy (non-hydrogen) atoms. The van der Waals surface area contributed by atoms with Crippen molar-refractivity contribution in [1.82, 2.24) is 14.0 Å². The van der Waals surface area contributed by atoms with Crippen molar-refractivity contribution in [3.05, 3.63) is 168 Å². The van der Waals surface area contributed by atoms with Gasteiger partial charge < -0.3 is 14.4 Å². The molecule has 0 saturated heterocycles. The quantitative estimate of drug-likeness (QED) is 0.196. The van der Waals surface area contributed by atoms with Gasteiger partial charge >= 0.3 is 0 Å². The van der Waals surface area contributed by atoms with Gasteiger partial charge in [0.2, 0.25) is 5.78 Å². The summed E-state index contributed by atoms with van der Waals surface area (Å²) >= 11 is 0. The molecule has 0 radical (unpaired) electrons. The highest BCUT2D eigenvalue weighted by molar-refractivity contribution is 5.92. The normalized spacial score (nSPS) is 11.3. The van der Waals surface area contributed by atoms with Crippen molar-refractivity contribution in [3.8, 4) is 0 Å². The molecule has 0 saturated carbocycles. The number of para-hydroxylation sites is 4. The summed E-state index contributed by atoms with van der Waals surface area (Å²) in [5.74, 6) is 0.598. The molecule has 0 aliphatic rings. The van der Waals surface area contributed by atoms with E-state index in [0.29, 0.717) is 16.7 Å². The van der Waals surface area contributed by atoms with Gasteiger partial charge in [-0.05, 0) is 84.9 Å². The van der Waals surface area contributed by atoms with Crippen LogP contribution in [0.2, 0.25) is 0 Å². The van der Waals surface area contributed by atoms with E-state index in [1.807, 2.05) is 103 Å². The topological polar surface area (TPSA) is 45.8 Å². The molecule has 6 aromatic carbocycles. The maximum atomic E-state index is 14.5. The largest absolute Gasteiger partial charge is 0.313 e. The fraction of sp³-hybridized carbons (Fsp3) is 0.0256. The fourth-order valence-electron chi connectivity index (χ4n) is 6.17. The molecule has 216 valence electrons. The van der Waals surface area contributed by atoms with Gasteiger partial charge in [-0.3, -0.25) is 4.79 Å². The van der Waals surface area contributed by atoms with Crippen LogP contribution in [0.5, 0.6) is 0 Å². The number of fused-ring (bicyclic) bond motifs is 4. The summed E-state index contributed by atoms with van der Waals surface area (Å²) in [4.78, 5) is 23.8. The van der Waals surface area contributed by atoms with E-state index >= 15 is 0 Å². The van der Waals surface area contributed by atoms with Crippen molar-refractivity contribution in [3.63, 3.8) is 0 Å². The molecule has 0 bridgehead atoms. The van der Waals surface area contributed by atoms with E-state index in [1.54, 1.807) is 4.40 Å². The molecule has 0 fully saturated rings. The molecule has 6 nitrogen and oxygen atoms in total. The SMILES string of the molecule is Cn1c2ccc(N(c3ccccc3)c3ccccc3)cc2n2c(=O)c3cc(N(c4ccccc4)c4ccccc4)ccc3nc12. The average Bonchev–Trinajstić information content (AvgIpc) is 3.38. The highest BCUT2D eigenvalue weighted by Crippen LogP contribution is 2.37. The molecule has 0 N–H and O–H groups in total. The molecule has 0 atom stereocenters. The van der Waals surface area contributed by atoms with Crippen molar-refractivity contribution in [1.29, 1.82) is 0 Å². The van der Waals surface area contributed by atoms with E-state index in [0.717, 1.165) is 45.2 Å². The molecule has 0 spiro atoms. The third kappa shape index (κ3) is 4.51. The maximum absolute atomic E-state index is 14.5. The molecule has 0 aliphatic heterocycles. The predicted molar refractivity (Wildman–Crippen MR) is 185 cm³/mol. The molecule has 2 aromatic heterocycles. The Morgan fingerprint density at radius 2 is 0.933 bits per heavy atom. The lowest BCUT2D eigenvalue weighted by molar-refractivity contribution is 0.949. The molecular weight excluding hydrogens is 554 g/mol. The summed E-state index contributed by atoms with van der Waals surface area (Å²) in [6, 6.07) is 53.1. The van der Waals surface area contributed by atoms with Gasteiger partial charge in [0.15, 0.2) is 0 Å². The van der Waals surface area contributed by atoms with Gasteiger partial charge in [0, 0.05) is 41.2 Å². The van der Waals surface area contributed by atoms with Gasteiger partial charge in [-0.25, -0.2) is 9.38 Å². The number of hydrogen-bond acceptors (Lipinski definition) is 4. The van der Waals surface area contributed by atoms with E-state index in [4.69, 9.17) is 4.98 Å². The first-order valence-corrected chi connectivity index (χ1v) is 14.9. The first-order valence-electron chi connectivity index (χ1n) is 14.9. The van der Waals surface area contributed by atoms with Crippen molar-refractivity contribution in [2.75, 3.05) is 9.80 Å². The Morgan fingerprint density at radius 3 is 1.42 bits per heavy atom. The van der Waals surface area contributed by atoms with Crippen molar-refractivity contribution in [2.24, 2.45) is 7.05 Å². The van der Waals surface area contributed by atoms with Gasteiger partial charge in [-0.15, -0.1) is 0 Å². The summed E-state index contributed by atoms with van der Waals surface area (Å²) in [6.45, 7) is 0. The zero-order valence-corrected chi connectivity index (χ0v) is 24.7. The van der Waals surface area contributed by atoms with Gasteiger partial charge in [-0.2, -0.15) is 0 Å². The minimum absolute atomic E-state index is 0.105. The summed E-state index contributed by atoms with van der Waals surface area (Å²) in [5, 5.41) is 0.558. The number of aryl methyl sites for hydroxylation is 1. The van der Waals surface area contributed by atoms with E-state index in [9.17, 15) is 4.79 Å². The monoisotopic (exact) mass is 583 g/mol. The molecule has 2 heterocycles. The maximum Gasteiger partial charge on any atom is 0.267 e. The second-order valence-corrected chi connectivity index (χ2v) is 11.0. The van der Waals surface area contributed by atoms with Crippen LogP contribution in [-0.4, -0.2) is 14.0 Å². The lowest BCUT2D eigenvalue weighted by Crippen LogP contribution is -2.16. The van der Waals surface area contributed by atoms with Gasteiger partial charge in [0.1, 0.15) is 0 Å². The van der Waals surface area contributed by atoms with Crippen LogP contribution in [0.15, 0.2) is 163 Å². The average molecular weight is 584 g/mol. The summed E-state index contributed by atoms with van der Waals surface area (Å²) in [6.07, 6.45) is 0. The standard InChI is InChI=1S/C39H29N5O/c1-41-36-25-23-33(43(30-18-10-4-11-19-30)31-20-12-5-13-21-31)27-37(36)44-38(45)34-26-32(22-24-35(34)40-39(41)44)42(28-14-6-2-7-15-28)29-16-8-3-9-17-29/h2-27H,1H3. The summed E-state index contributed by atoms with van der Waals surface area (Å²) in [5.41, 5.74) is 8.20. The second-order valence-electron chi connectivity index (χ2n) is 11.0. The third-order valence-electron chi connectivity index (χ3n) is 8.27. The van der Waals surface area contributed by atoms with E-state index in [2.05, 4.69) is 76.5 Å². The van der Waals surface area contributed by atoms with E-state index < -0.39 is 0 Å². The lowest BCUT2D eigenvalue weighted by atomic mass is 10.1. The predicted octanol–water partition coefficient (Wildman–Crippen LogP) is 9.28. The number of nitrogens with zero attached hydrogens (tertiary/aromatic N) is 5. The molecule has 0 unspecified atom stereocenters. The van der Waals surface area contributed by atoms with Crippen LogP contribution in [-0.2, 0) is 7.05 Å². The van der Waals surface area contributed by atoms with Gasteiger partial charge in [0.25, 0.3) is 5.56 Å². The zero-order chi connectivity index (χ0) is 30.3. The second kappa shape index (κ2) is 10.8.